The number of halogens is 1. The summed E-state index contributed by atoms with van der Waals surface area (Å²) >= 11 is 2.71. The Hall–Kier alpha value is -2.49. The molecular weight excluding hydrogens is 382 g/mol. The molecular formula is C20H16FN2OSe. The normalized spacial score (nSPS) is 19.4. The van der Waals surface area contributed by atoms with Crippen molar-refractivity contribution in [1.29, 1.82) is 0 Å². The van der Waals surface area contributed by atoms with Crippen LogP contribution < -0.4 is 5.32 Å². The van der Waals surface area contributed by atoms with Gasteiger partial charge in [-0.3, -0.25) is 0 Å². The Balaban J connectivity index is 1.72. The van der Waals surface area contributed by atoms with E-state index in [0.717, 1.165) is 5.70 Å². The van der Waals surface area contributed by atoms with E-state index in [1.54, 1.807) is 12.1 Å². The summed E-state index contributed by atoms with van der Waals surface area (Å²) in [4.78, 5) is 16.5. The quantitative estimate of drug-likeness (QED) is 0.462. The summed E-state index contributed by atoms with van der Waals surface area (Å²) in [6, 6.07) is 5.84. The Morgan fingerprint density at radius 2 is 1.88 bits per heavy atom. The Bertz CT molecular complexity index is 877. The predicted molar refractivity (Wildman–Crippen MR) is 98.7 cm³/mol. The second kappa shape index (κ2) is 7.60. The van der Waals surface area contributed by atoms with E-state index in [-0.39, 0.29) is 11.5 Å². The number of amidine groups is 1. The van der Waals surface area contributed by atoms with Crippen LogP contribution in [0.4, 0.5) is 4.39 Å². The van der Waals surface area contributed by atoms with E-state index in [2.05, 4.69) is 45.4 Å². The number of hydrogen-bond donors (Lipinski definition) is 1. The van der Waals surface area contributed by atoms with E-state index in [1.807, 2.05) is 30.4 Å². The molecule has 0 spiro atoms. The van der Waals surface area contributed by atoms with Crippen LogP contribution in [0, 0.1) is 11.7 Å². The number of nitrogens with zero attached hydrogens (tertiary/aromatic N) is 1. The zero-order valence-corrected chi connectivity index (χ0v) is 15.3. The minimum atomic E-state index is -0.563. The van der Waals surface area contributed by atoms with Crippen molar-refractivity contribution < 1.29 is 9.18 Å². The number of allylic oxidation sites excluding steroid dienone is 9. The van der Waals surface area contributed by atoms with Crippen molar-refractivity contribution in [3.8, 4) is 0 Å². The van der Waals surface area contributed by atoms with Gasteiger partial charge >= 0.3 is 154 Å². The molecule has 1 radical (unpaired) electrons. The van der Waals surface area contributed by atoms with Crippen LogP contribution in [0.1, 0.15) is 17.3 Å². The topological polar surface area (TPSA) is 41.5 Å². The van der Waals surface area contributed by atoms with Crippen LogP contribution in [0.2, 0.25) is 0 Å². The molecule has 0 aromatic heterocycles. The number of carbonyl (C=O) groups is 1. The fourth-order valence-electron chi connectivity index (χ4n) is 2.68. The van der Waals surface area contributed by atoms with Crippen molar-refractivity contribution in [1.82, 2.24) is 5.32 Å². The summed E-state index contributed by atoms with van der Waals surface area (Å²) in [7, 11) is 0. The maximum absolute atomic E-state index is 13.6. The minimum absolute atomic E-state index is 0.0150. The van der Waals surface area contributed by atoms with Gasteiger partial charge in [0.1, 0.15) is 0 Å². The van der Waals surface area contributed by atoms with Gasteiger partial charge in [-0.1, -0.05) is 0 Å². The molecule has 0 saturated heterocycles. The van der Waals surface area contributed by atoms with Gasteiger partial charge in [0, 0.05) is 0 Å². The molecule has 0 saturated carbocycles. The van der Waals surface area contributed by atoms with Crippen molar-refractivity contribution in [2.24, 2.45) is 10.9 Å². The molecule has 125 valence electrons. The third-order valence-corrected chi connectivity index (χ3v) is 4.32. The van der Waals surface area contributed by atoms with Gasteiger partial charge in [0.25, 0.3) is 0 Å². The van der Waals surface area contributed by atoms with Gasteiger partial charge in [-0.2, -0.15) is 0 Å². The van der Waals surface area contributed by atoms with Crippen molar-refractivity contribution >= 4 is 26.7 Å². The molecule has 5 heteroatoms. The van der Waals surface area contributed by atoms with Gasteiger partial charge in [0.05, 0.1) is 0 Å². The zero-order valence-electron chi connectivity index (χ0n) is 13.6. The average molecular weight is 398 g/mol. The van der Waals surface area contributed by atoms with Crippen LogP contribution in [0.3, 0.4) is 0 Å². The number of hydrogen-bond acceptors (Lipinski definition) is 2. The number of benzene rings is 1. The first-order valence-electron chi connectivity index (χ1n) is 7.85. The Morgan fingerprint density at radius 3 is 2.56 bits per heavy atom. The second-order valence-corrected chi connectivity index (χ2v) is 6.50. The van der Waals surface area contributed by atoms with Crippen LogP contribution in [0.25, 0.3) is 0 Å². The van der Waals surface area contributed by atoms with E-state index < -0.39 is 11.7 Å². The summed E-state index contributed by atoms with van der Waals surface area (Å²) in [6.07, 6.45) is 14.1. The van der Waals surface area contributed by atoms with Gasteiger partial charge in [-0.15, -0.1) is 0 Å². The number of rotatable bonds is 2. The third-order valence-electron chi connectivity index (χ3n) is 3.91. The molecule has 0 bridgehead atoms. The molecule has 3 rings (SSSR count). The van der Waals surface area contributed by atoms with E-state index in [1.165, 1.54) is 23.3 Å². The average Bonchev–Trinajstić information content (AvgIpc) is 3.09. The van der Waals surface area contributed by atoms with Crippen molar-refractivity contribution in [3.63, 3.8) is 0 Å². The summed E-state index contributed by atoms with van der Waals surface area (Å²) in [5.41, 5.74) is 3.14. The number of nitrogens with one attached hydrogen (secondary N) is 1. The molecule has 0 aliphatic heterocycles. The van der Waals surface area contributed by atoms with Crippen LogP contribution in [0.5, 0.6) is 0 Å². The molecule has 25 heavy (non-hydrogen) atoms. The number of carbonyl (C=O) groups excluding carboxylic acids is 1. The molecule has 1 aromatic rings. The second-order valence-electron chi connectivity index (χ2n) is 5.69. The number of amides is 1. The van der Waals surface area contributed by atoms with Gasteiger partial charge in [0.2, 0.25) is 0 Å². The van der Waals surface area contributed by atoms with Crippen molar-refractivity contribution in [2.75, 3.05) is 0 Å². The van der Waals surface area contributed by atoms with Crippen LogP contribution in [-0.4, -0.2) is 26.7 Å². The molecule has 0 fully saturated rings. The molecule has 3 nitrogen and oxygen atoms in total. The fraction of sp³-hybridized carbons (Fsp3) is 0.100. The Kier molecular flexibility index (Phi) is 5.27. The molecule has 1 atom stereocenters. The van der Waals surface area contributed by atoms with Crippen LogP contribution in [-0.2, 0) is 0 Å². The van der Waals surface area contributed by atoms with Crippen molar-refractivity contribution in [3.05, 3.63) is 95.0 Å². The first-order valence-corrected chi connectivity index (χ1v) is 8.70. The first-order chi connectivity index (χ1) is 12.0. The first kappa shape index (κ1) is 17.3. The predicted octanol–water partition coefficient (Wildman–Crippen LogP) is 3.59. The molecule has 1 unspecified atom stereocenters. The van der Waals surface area contributed by atoms with Crippen LogP contribution in [0.15, 0.2) is 88.6 Å². The monoisotopic (exact) mass is 399 g/mol. The van der Waals surface area contributed by atoms with Crippen LogP contribution >= 0.6 is 0 Å². The molecule has 2 aliphatic carbocycles. The Morgan fingerprint density at radius 1 is 1.16 bits per heavy atom. The van der Waals surface area contributed by atoms with Gasteiger partial charge < -0.3 is 0 Å². The standard InChI is InChI=1S/C20H16FN2OSe/c1-13-12-15(10-11-16(13)14-6-2-3-7-14)22-20(25)23-19(24)17-8-4-5-9-18(17)21/h2-13H,1H3,(H,22,23,24). The SMILES string of the molecule is CC1C=C(N=C([Se])NC(=O)c2ccccc2F)C=CC1=C1C=CC=C1. The zero-order chi connectivity index (χ0) is 17.8. The van der Waals surface area contributed by atoms with Gasteiger partial charge in [0.15, 0.2) is 0 Å². The maximum atomic E-state index is 13.6. The Labute approximate surface area is 154 Å². The summed E-state index contributed by atoms with van der Waals surface area (Å²) in [5, 5.41) is 2.57. The fourth-order valence-corrected chi connectivity index (χ4v) is 3.10. The van der Waals surface area contributed by atoms with Gasteiger partial charge in [-0.25, -0.2) is 0 Å². The molecule has 1 aromatic carbocycles. The van der Waals surface area contributed by atoms with E-state index in [0.29, 0.717) is 4.73 Å². The molecule has 1 N–H and O–H groups in total. The summed E-state index contributed by atoms with van der Waals surface area (Å²) in [5.74, 6) is -0.888. The van der Waals surface area contributed by atoms with E-state index in [9.17, 15) is 9.18 Å². The number of aliphatic imine (C=N–C) groups is 1. The van der Waals surface area contributed by atoms with Gasteiger partial charge in [-0.05, 0) is 0 Å². The summed E-state index contributed by atoms with van der Waals surface area (Å²) < 4.78 is 13.9. The molecule has 1 amide bonds. The molecule has 2 aliphatic rings. The van der Waals surface area contributed by atoms with E-state index in [4.69, 9.17) is 0 Å². The molecule has 0 heterocycles. The summed E-state index contributed by atoms with van der Waals surface area (Å²) in [6.45, 7) is 2.10. The third kappa shape index (κ3) is 4.13. The van der Waals surface area contributed by atoms with Crippen molar-refractivity contribution in [2.45, 2.75) is 6.92 Å². The van der Waals surface area contributed by atoms with E-state index >= 15 is 0 Å².